The number of nitrogens with zero attached hydrogens (tertiary/aromatic N) is 2. The van der Waals surface area contributed by atoms with Gasteiger partial charge in [-0.15, -0.1) is 0 Å². The molecule has 5 nitrogen and oxygen atoms in total. The number of nitrogens with two attached hydrogens (primary N) is 1. The Kier molecular flexibility index (Phi) is 3.36. The second kappa shape index (κ2) is 4.80. The minimum Gasteiger partial charge on any atom is -0.384 e. The van der Waals surface area contributed by atoms with Gasteiger partial charge >= 0.3 is 0 Å². The second-order valence-electron chi connectivity index (χ2n) is 3.49. The van der Waals surface area contributed by atoms with Crippen molar-refractivity contribution in [3.8, 4) is 11.3 Å². The van der Waals surface area contributed by atoms with E-state index < -0.39 is 4.92 Å². The van der Waals surface area contributed by atoms with Gasteiger partial charge in [0.2, 0.25) is 0 Å². The van der Waals surface area contributed by atoms with E-state index in [1.54, 1.807) is 12.1 Å². The number of pyridine rings is 1. The van der Waals surface area contributed by atoms with E-state index in [0.29, 0.717) is 15.6 Å². The molecule has 7 heteroatoms. The molecule has 0 saturated heterocycles. The van der Waals surface area contributed by atoms with E-state index in [9.17, 15) is 10.1 Å². The summed E-state index contributed by atoms with van der Waals surface area (Å²) in [5.74, 6) is 0.196. The summed E-state index contributed by atoms with van der Waals surface area (Å²) >= 11 is 11.7. The summed E-state index contributed by atoms with van der Waals surface area (Å²) in [5.41, 5.74) is 6.06. The van der Waals surface area contributed by atoms with Crippen LogP contribution < -0.4 is 5.73 Å². The summed E-state index contributed by atoms with van der Waals surface area (Å²) < 4.78 is 0. The van der Waals surface area contributed by atoms with E-state index in [4.69, 9.17) is 28.9 Å². The van der Waals surface area contributed by atoms with Gasteiger partial charge in [0.15, 0.2) is 5.69 Å². The minimum absolute atomic E-state index is 0.136. The Balaban J connectivity index is 2.65. The first-order chi connectivity index (χ1) is 8.49. The van der Waals surface area contributed by atoms with Crippen LogP contribution in [0.3, 0.4) is 0 Å². The van der Waals surface area contributed by atoms with Gasteiger partial charge < -0.3 is 5.73 Å². The fourth-order valence-corrected chi connectivity index (χ4v) is 1.77. The molecule has 0 aliphatic heterocycles. The summed E-state index contributed by atoms with van der Waals surface area (Å²) in [6.07, 6.45) is 0. The van der Waals surface area contributed by atoms with Crippen molar-refractivity contribution < 1.29 is 4.92 Å². The highest BCUT2D eigenvalue weighted by Gasteiger charge is 2.17. The fraction of sp³-hybridized carbons (Fsp3) is 0. The summed E-state index contributed by atoms with van der Waals surface area (Å²) in [4.78, 5) is 14.4. The van der Waals surface area contributed by atoms with Crippen molar-refractivity contribution in [1.82, 2.24) is 4.98 Å². The molecular formula is C11H7Cl2N3O2. The smallest absolute Gasteiger partial charge is 0.295 e. The van der Waals surface area contributed by atoms with Crippen LogP contribution in [0.1, 0.15) is 0 Å². The van der Waals surface area contributed by atoms with Crippen LogP contribution in [0.25, 0.3) is 11.3 Å². The van der Waals surface area contributed by atoms with Gasteiger partial charge in [0.25, 0.3) is 5.69 Å². The predicted octanol–water partition coefficient (Wildman–Crippen LogP) is 3.55. The van der Waals surface area contributed by atoms with Crippen molar-refractivity contribution in [2.24, 2.45) is 0 Å². The van der Waals surface area contributed by atoms with Gasteiger partial charge in [0.05, 0.1) is 15.0 Å². The van der Waals surface area contributed by atoms with Crippen molar-refractivity contribution in [3.63, 3.8) is 0 Å². The number of benzene rings is 1. The standard InChI is InChI=1S/C11H7Cl2N3O2/c12-7-2-1-6(5-8(7)13)11-9(16(17)18)3-4-10(14)15-11/h1-5H,(H2,14,15). The molecule has 0 saturated carbocycles. The monoisotopic (exact) mass is 283 g/mol. The van der Waals surface area contributed by atoms with Gasteiger partial charge in [-0.1, -0.05) is 29.3 Å². The van der Waals surface area contributed by atoms with Crippen LogP contribution in [0, 0.1) is 10.1 Å². The third kappa shape index (κ3) is 2.37. The van der Waals surface area contributed by atoms with E-state index in [2.05, 4.69) is 4.98 Å². The zero-order chi connectivity index (χ0) is 13.3. The fourth-order valence-electron chi connectivity index (χ4n) is 1.47. The molecule has 0 fully saturated rings. The number of hydrogen-bond acceptors (Lipinski definition) is 4. The second-order valence-corrected chi connectivity index (χ2v) is 4.30. The summed E-state index contributed by atoms with van der Waals surface area (Å²) in [7, 11) is 0. The minimum atomic E-state index is -0.524. The van der Waals surface area contributed by atoms with E-state index in [1.807, 2.05) is 0 Å². The van der Waals surface area contributed by atoms with E-state index in [1.165, 1.54) is 18.2 Å². The van der Waals surface area contributed by atoms with Crippen molar-refractivity contribution in [2.45, 2.75) is 0 Å². The SMILES string of the molecule is Nc1ccc([N+](=O)[O-])c(-c2ccc(Cl)c(Cl)c2)n1. The Bertz CT molecular complexity index is 632. The molecule has 1 aromatic carbocycles. The summed E-state index contributed by atoms with van der Waals surface area (Å²) in [5, 5.41) is 11.6. The average Bonchev–Trinajstić information content (AvgIpc) is 2.32. The molecule has 0 amide bonds. The Hall–Kier alpha value is -1.85. The Morgan fingerprint density at radius 3 is 2.50 bits per heavy atom. The molecule has 0 radical (unpaired) electrons. The normalized spacial score (nSPS) is 10.3. The number of anilines is 1. The molecule has 0 unspecified atom stereocenters. The number of halogens is 2. The number of aromatic nitrogens is 1. The number of rotatable bonds is 2. The van der Waals surface area contributed by atoms with Crippen LogP contribution in [0.15, 0.2) is 30.3 Å². The first-order valence-corrected chi connectivity index (χ1v) is 5.61. The van der Waals surface area contributed by atoms with Crippen LogP contribution in [-0.4, -0.2) is 9.91 Å². The number of nitro groups is 1. The summed E-state index contributed by atoms with van der Waals surface area (Å²) in [6.45, 7) is 0. The molecule has 0 bridgehead atoms. The third-order valence-electron chi connectivity index (χ3n) is 2.29. The quantitative estimate of drug-likeness (QED) is 0.675. The molecule has 2 N–H and O–H groups in total. The number of nitrogen functional groups attached to an aromatic ring is 1. The highest BCUT2D eigenvalue weighted by Crippen LogP contribution is 2.32. The lowest BCUT2D eigenvalue weighted by atomic mass is 10.1. The molecule has 0 aliphatic rings. The highest BCUT2D eigenvalue weighted by molar-refractivity contribution is 6.42. The molecule has 2 aromatic rings. The van der Waals surface area contributed by atoms with Gasteiger partial charge in [0, 0.05) is 11.6 Å². The van der Waals surface area contributed by atoms with E-state index >= 15 is 0 Å². The Morgan fingerprint density at radius 2 is 1.89 bits per heavy atom. The van der Waals surface area contributed by atoms with Crippen LogP contribution in [0.5, 0.6) is 0 Å². The van der Waals surface area contributed by atoms with Gasteiger partial charge in [0.1, 0.15) is 5.82 Å². The molecule has 1 aromatic heterocycles. The van der Waals surface area contributed by atoms with E-state index in [0.717, 1.165) is 0 Å². The lowest BCUT2D eigenvalue weighted by Crippen LogP contribution is -1.98. The van der Waals surface area contributed by atoms with Gasteiger partial charge in [-0.25, -0.2) is 4.98 Å². The first-order valence-electron chi connectivity index (χ1n) is 4.85. The Labute approximate surface area is 112 Å². The molecule has 1 heterocycles. The van der Waals surface area contributed by atoms with Crippen molar-refractivity contribution in [2.75, 3.05) is 5.73 Å². The van der Waals surface area contributed by atoms with Crippen LogP contribution in [0.2, 0.25) is 10.0 Å². The molecule has 0 spiro atoms. The van der Waals surface area contributed by atoms with E-state index in [-0.39, 0.29) is 17.2 Å². The zero-order valence-corrected chi connectivity index (χ0v) is 10.4. The molecule has 2 rings (SSSR count). The van der Waals surface area contributed by atoms with Crippen LogP contribution >= 0.6 is 23.2 Å². The molecule has 0 aliphatic carbocycles. The predicted molar refractivity (Wildman–Crippen MR) is 70.8 cm³/mol. The first kappa shape index (κ1) is 12.6. The lowest BCUT2D eigenvalue weighted by molar-refractivity contribution is -0.384. The van der Waals surface area contributed by atoms with Gasteiger partial charge in [-0.2, -0.15) is 0 Å². The van der Waals surface area contributed by atoms with Gasteiger partial charge in [-0.3, -0.25) is 10.1 Å². The zero-order valence-electron chi connectivity index (χ0n) is 8.93. The maximum atomic E-state index is 10.9. The lowest BCUT2D eigenvalue weighted by Gasteiger charge is -2.04. The van der Waals surface area contributed by atoms with Crippen molar-refractivity contribution >= 4 is 34.7 Å². The third-order valence-corrected chi connectivity index (χ3v) is 3.02. The van der Waals surface area contributed by atoms with Gasteiger partial charge in [-0.05, 0) is 18.2 Å². The van der Waals surface area contributed by atoms with Crippen molar-refractivity contribution in [3.05, 3.63) is 50.5 Å². The average molecular weight is 284 g/mol. The number of hydrogen-bond donors (Lipinski definition) is 1. The van der Waals surface area contributed by atoms with Crippen LogP contribution in [-0.2, 0) is 0 Å². The van der Waals surface area contributed by atoms with Crippen LogP contribution in [0.4, 0.5) is 11.5 Å². The topological polar surface area (TPSA) is 82.0 Å². The Morgan fingerprint density at radius 1 is 1.17 bits per heavy atom. The summed E-state index contributed by atoms with van der Waals surface area (Å²) in [6, 6.07) is 7.34. The largest absolute Gasteiger partial charge is 0.384 e. The van der Waals surface area contributed by atoms with Crippen molar-refractivity contribution in [1.29, 1.82) is 0 Å². The molecular weight excluding hydrogens is 277 g/mol. The molecule has 18 heavy (non-hydrogen) atoms. The molecule has 0 atom stereocenters. The maximum Gasteiger partial charge on any atom is 0.295 e. The maximum absolute atomic E-state index is 10.9. The highest BCUT2D eigenvalue weighted by atomic mass is 35.5. The molecule has 92 valence electrons.